The Labute approximate surface area is 127 Å². The average Bonchev–Trinajstić information content (AvgIpc) is 2.47. The Balaban J connectivity index is 2.00. The topological polar surface area (TPSA) is 101 Å². The average molecular weight is 322 g/mol. The molecule has 2 N–H and O–H groups in total. The van der Waals surface area contributed by atoms with Crippen molar-refractivity contribution in [2.24, 2.45) is 0 Å². The van der Waals surface area contributed by atoms with Gasteiger partial charge in [0.05, 0.1) is 10.6 Å². The summed E-state index contributed by atoms with van der Waals surface area (Å²) in [6, 6.07) is 11.7. The van der Waals surface area contributed by atoms with E-state index in [1.165, 1.54) is 24.3 Å². The zero-order valence-electron chi connectivity index (χ0n) is 11.5. The first-order chi connectivity index (χ1) is 10.4. The maximum absolute atomic E-state index is 12.0. The molecule has 0 heterocycles. The van der Waals surface area contributed by atoms with E-state index >= 15 is 0 Å². The Hall–Kier alpha value is -2.54. The summed E-state index contributed by atoms with van der Waals surface area (Å²) in [7, 11) is -3.44. The standard InChI is InChI=1S/C15H14O6S/c16-14-10-11(6-7-13(14)15(17)18)21-8-9-22(19,20)12-4-2-1-3-5-12/h1-7,10,16H,8-9H2,(H,17,18). The monoisotopic (exact) mass is 322 g/mol. The Bertz CT molecular complexity index is 768. The van der Waals surface area contributed by atoms with Gasteiger partial charge in [-0.3, -0.25) is 0 Å². The predicted molar refractivity (Wildman–Crippen MR) is 79.1 cm³/mol. The van der Waals surface area contributed by atoms with Crippen LogP contribution in [-0.2, 0) is 9.84 Å². The highest BCUT2D eigenvalue weighted by Gasteiger charge is 2.14. The minimum atomic E-state index is -3.44. The van der Waals surface area contributed by atoms with Crippen LogP contribution in [0.1, 0.15) is 10.4 Å². The number of sulfone groups is 1. The number of aromatic carboxylic acids is 1. The fourth-order valence-electron chi connectivity index (χ4n) is 1.80. The van der Waals surface area contributed by atoms with Crippen molar-refractivity contribution in [3.63, 3.8) is 0 Å². The largest absolute Gasteiger partial charge is 0.507 e. The Morgan fingerprint density at radius 2 is 1.77 bits per heavy atom. The van der Waals surface area contributed by atoms with Crippen LogP contribution >= 0.6 is 0 Å². The van der Waals surface area contributed by atoms with E-state index < -0.39 is 21.6 Å². The second kappa shape index (κ2) is 6.48. The molecule has 0 saturated carbocycles. The van der Waals surface area contributed by atoms with Gasteiger partial charge in [-0.25, -0.2) is 13.2 Å². The van der Waals surface area contributed by atoms with Gasteiger partial charge in [0.25, 0.3) is 0 Å². The molecule has 0 atom stereocenters. The van der Waals surface area contributed by atoms with Crippen molar-refractivity contribution in [3.8, 4) is 11.5 Å². The van der Waals surface area contributed by atoms with Gasteiger partial charge in [0.2, 0.25) is 0 Å². The van der Waals surface area contributed by atoms with Crippen LogP contribution in [0, 0.1) is 0 Å². The third kappa shape index (κ3) is 3.76. The minimum absolute atomic E-state index is 0.108. The van der Waals surface area contributed by atoms with E-state index in [1.807, 2.05) is 0 Å². The quantitative estimate of drug-likeness (QED) is 0.843. The molecule has 0 aliphatic heterocycles. The Kier molecular flexibility index (Phi) is 4.67. The second-order valence-corrected chi connectivity index (χ2v) is 6.57. The smallest absolute Gasteiger partial charge is 0.339 e. The first kappa shape index (κ1) is 15.8. The predicted octanol–water partition coefficient (Wildman–Crippen LogP) is 1.94. The number of aromatic hydroxyl groups is 1. The molecule has 0 aliphatic carbocycles. The second-order valence-electron chi connectivity index (χ2n) is 4.46. The normalized spacial score (nSPS) is 11.1. The lowest BCUT2D eigenvalue weighted by atomic mass is 10.2. The van der Waals surface area contributed by atoms with Crippen molar-refractivity contribution in [1.82, 2.24) is 0 Å². The molecule has 0 saturated heterocycles. The van der Waals surface area contributed by atoms with Gasteiger partial charge in [0.1, 0.15) is 23.7 Å². The molecular weight excluding hydrogens is 308 g/mol. The van der Waals surface area contributed by atoms with Crippen LogP contribution in [0.15, 0.2) is 53.4 Å². The summed E-state index contributed by atoms with van der Waals surface area (Å²) >= 11 is 0. The number of benzene rings is 2. The molecule has 6 nitrogen and oxygen atoms in total. The summed E-state index contributed by atoms with van der Waals surface area (Å²) in [6.45, 7) is -0.108. The maximum atomic E-state index is 12.0. The molecule has 0 radical (unpaired) electrons. The number of phenols is 1. The lowest BCUT2D eigenvalue weighted by Gasteiger charge is -2.08. The molecule has 7 heteroatoms. The molecule has 0 bridgehead atoms. The molecule has 22 heavy (non-hydrogen) atoms. The lowest BCUT2D eigenvalue weighted by molar-refractivity contribution is 0.0693. The summed E-state index contributed by atoms with van der Waals surface area (Å²) in [4.78, 5) is 11.0. The third-order valence-electron chi connectivity index (χ3n) is 2.92. The van der Waals surface area contributed by atoms with Gasteiger partial charge in [-0.1, -0.05) is 18.2 Å². The number of carboxylic acids is 1. The van der Waals surface area contributed by atoms with Crippen molar-refractivity contribution >= 4 is 15.8 Å². The SMILES string of the molecule is O=C(O)c1ccc(OCCS(=O)(=O)c2ccccc2)cc1O. The Morgan fingerprint density at radius 1 is 1.09 bits per heavy atom. The van der Waals surface area contributed by atoms with Gasteiger partial charge < -0.3 is 14.9 Å². The van der Waals surface area contributed by atoms with Crippen molar-refractivity contribution in [1.29, 1.82) is 0 Å². The molecule has 2 rings (SSSR count). The summed E-state index contributed by atoms with van der Waals surface area (Å²) in [5, 5.41) is 18.3. The number of hydrogen-bond acceptors (Lipinski definition) is 5. The maximum Gasteiger partial charge on any atom is 0.339 e. The van der Waals surface area contributed by atoms with Crippen LogP contribution < -0.4 is 4.74 Å². The minimum Gasteiger partial charge on any atom is -0.507 e. The van der Waals surface area contributed by atoms with Crippen LogP contribution in [0.5, 0.6) is 11.5 Å². The molecule has 0 fully saturated rings. The molecule has 0 aromatic heterocycles. The summed E-state index contributed by atoms with van der Waals surface area (Å²) in [6.07, 6.45) is 0. The van der Waals surface area contributed by atoms with Crippen molar-refractivity contribution in [2.75, 3.05) is 12.4 Å². The van der Waals surface area contributed by atoms with Gasteiger partial charge in [0.15, 0.2) is 9.84 Å². The van der Waals surface area contributed by atoms with Gasteiger partial charge in [-0.05, 0) is 24.3 Å². The zero-order chi connectivity index (χ0) is 16.2. The van der Waals surface area contributed by atoms with E-state index in [4.69, 9.17) is 9.84 Å². The summed E-state index contributed by atoms with van der Waals surface area (Å²) in [5.41, 5.74) is -0.246. The van der Waals surface area contributed by atoms with E-state index in [-0.39, 0.29) is 28.6 Å². The van der Waals surface area contributed by atoms with E-state index in [0.717, 1.165) is 6.07 Å². The van der Waals surface area contributed by atoms with Gasteiger partial charge in [-0.2, -0.15) is 0 Å². The summed E-state index contributed by atoms with van der Waals surface area (Å²) < 4.78 is 29.3. The first-order valence-electron chi connectivity index (χ1n) is 6.37. The molecule has 0 unspecified atom stereocenters. The number of carboxylic acid groups (broad SMARTS) is 1. The fraction of sp³-hybridized carbons (Fsp3) is 0.133. The zero-order valence-corrected chi connectivity index (χ0v) is 12.3. The van der Waals surface area contributed by atoms with Crippen LogP contribution in [-0.4, -0.2) is 37.0 Å². The van der Waals surface area contributed by atoms with Gasteiger partial charge in [0, 0.05) is 6.07 Å². The van der Waals surface area contributed by atoms with Crippen molar-refractivity contribution in [3.05, 3.63) is 54.1 Å². The highest BCUT2D eigenvalue weighted by atomic mass is 32.2. The highest BCUT2D eigenvalue weighted by molar-refractivity contribution is 7.91. The van der Waals surface area contributed by atoms with E-state index in [0.29, 0.717) is 0 Å². The molecule has 0 aliphatic rings. The van der Waals surface area contributed by atoms with Crippen molar-refractivity contribution in [2.45, 2.75) is 4.90 Å². The number of carbonyl (C=O) groups is 1. The number of hydrogen-bond donors (Lipinski definition) is 2. The third-order valence-corrected chi connectivity index (χ3v) is 4.62. The van der Waals surface area contributed by atoms with E-state index in [2.05, 4.69) is 0 Å². The molecule has 116 valence electrons. The number of ether oxygens (including phenoxy) is 1. The first-order valence-corrected chi connectivity index (χ1v) is 8.02. The fourth-order valence-corrected chi connectivity index (χ4v) is 2.91. The molecule has 0 spiro atoms. The number of rotatable bonds is 6. The van der Waals surface area contributed by atoms with Crippen LogP contribution in [0.4, 0.5) is 0 Å². The molecule has 0 amide bonds. The van der Waals surface area contributed by atoms with Crippen LogP contribution in [0.25, 0.3) is 0 Å². The highest BCUT2D eigenvalue weighted by Crippen LogP contribution is 2.23. The molecule has 2 aromatic rings. The van der Waals surface area contributed by atoms with Gasteiger partial charge in [-0.15, -0.1) is 0 Å². The van der Waals surface area contributed by atoms with Gasteiger partial charge >= 0.3 is 5.97 Å². The van der Waals surface area contributed by atoms with Crippen LogP contribution in [0.3, 0.4) is 0 Å². The van der Waals surface area contributed by atoms with E-state index in [9.17, 15) is 18.3 Å². The molecular formula is C15H14O6S. The Morgan fingerprint density at radius 3 is 2.36 bits per heavy atom. The lowest BCUT2D eigenvalue weighted by Crippen LogP contribution is -2.14. The van der Waals surface area contributed by atoms with E-state index in [1.54, 1.807) is 18.2 Å². The molecule has 2 aromatic carbocycles. The van der Waals surface area contributed by atoms with Crippen LogP contribution in [0.2, 0.25) is 0 Å². The summed E-state index contributed by atoms with van der Waals surface area (Å²) in [5.74, 6) is -1.71. The van der Waals surface area contributed by atoms with Crippen molar-refractivity contribution < 1.29 is 28.2 Å².